The molecular weight excluding hydrogens is 1700 g/mol. The fourth-order valence-electron chi connectivity index (χ4n) is 15.6. The Morgan fingerprint density at radius 3 is 2.02 bits per heavy atom. The molecule has 6 aromatic carbocycles. The number of carbonyl (C=O) groups excluding carboxylic acids is 8. The van der Waals surface area contributed by atoms with Gasteiger partial charge in [0.05, 0.1) is 40.9 Å². The summed E-state index contributed by atoms with van der Waals surface area (Å²) in [6.07, 6.45) is -16.6. The molecule has 11 bridgehead atoms. The summed E-state index contributed by atoms with van der Waals surface area (Å²) in [5.41, 5.74) is 12.2. The zero-order chi connectivity index (χ0) is 84.9. The molecule has 7 aliphatic heterocycles. The van der Waals surface area contributed by atoms with E-state index in [-0.39, 0.29) is 68.9 Å². The molecule has 0 spiro atoms. The largest absolute Gasteiger partial charge is 0.508 e. The van der Waals surface area contributed by atoms with Gasteiger partial charge < -0.3 is 122 Å². The number of allylic oxidation sites excluding steroid dienone is 2. The van der Waals surface area contributed by atoms with Crippen molar-refractivity contribution < 1.29 is 122 Å². The predicted octanol–water partition coefficient (Wildman–Crippen LogP) is 4.50. The number of phenolic OH excluding ortho intramolecular Hbond substituents is 3. The third kappa shape index (κ3) is 17.5. The van der Waals surface area contributed by atoms with Crippen LogP contribution in [0.2, 0.25) is 5.02 Å². The topological polar surface area (TPSA) is 528 Å². The fourth-order valence-corrected chi connectivity index (χ4v) is 16.9. The number of rotatable bonds is 15. The van der Waals surface area contributed by atoms with E-state index >= 15 is 24.0 Å². The smallest absolute Gasteiger partial charge is 0.410 e. The Morgan fingerprint density at radius 2 is 1.37 bits per heavy atom. The van der Waals surface area contributed by atoms with Crippen LogP contribution in [0.1, 0.15) is 117 Å². The Kier molecular flexibility index (Phi) is 25.3. The minimum absolute atomic E-state index is 0.0189. The number of phenols is 3. The number of fused-ring (bicyclic) bond motifs is 17. The van der Waals surface area contributed by atoms with Crippen molar-refractivity contribution in [3.8, 4) is 62.5 Å². The monoisotopic (exact) mass is 1780 g/mol. The molecule has 7 heterocycles. The molecule has 19 N–H and O–H groups in total. The second-order valence-corrected chi connectivity index (χ2v) is 32.3. The first-order valence-electron chi connectivity index (χ1n) is 37.6. The second kappa shape index (κ2) is 34.9. The summed E-state index contributed by atoms with van der Waals surface area (Å²) < 4.78 is 45.2. The number of aromatic hydroxyl groups is 3. The molecule has 34 nitrogen and oxygen atoms in total. The molecule has 15 rings (SSSR count). The zero-order valence-electron chi connectivity index (χ0n) is 63.6. The molecule has 0 saturated carbocycles. The van der Waals surface area contributed by atoms with Crippen LogP contribution in [0.5, 0.6) is 40.2 Å². The van der Waals surface area contributed by atoms with E-state index in [1.165, 1.54) is 45.2 Å². The maximum atomic E-state index is 16.3. The number of nitrogens with one attached hydrogen (secondary N) is 6. The van der Waals surface area contributed by atoms with Crippen molar-refractivity contribution in [2.75, 3.05) is 18.1 Å². The highest BCUT2D eigenvalue weighted by atomic mass is 127. The molecule has 37 heteroatoms. The lowest BCUT2D eigenvalue weighted by atomic mass is 9.86. The first-order valence-corrected chi connectivity index (χ1v) is 39.9. The van der Waals surface area contributed by atoms with Gasteiger partial charge in [-0.05, 0) is 120 Å². The quantitative estimate of drug-likeness (QED) is 0.0497. The third-order valence-electron chi connectivity index (χ3n) is 21.8. The van der Waals surface area contributed by atoms with Gasteiger partial charge in [0.1, 0.15) is 89.9 Å². The molecule has 8 amide bonds. The van der Waals surface area contributed by atoms with Crippen LogP contribution < -0.4 is 57.6 Å². The SMILES string of the molecule is CC(C)C[C@H](C(=O)N[C@H]1C(=O)N[C@@H](CC(N)=O)C(=O)N[C@H]2C(=O)N[C@H]3C(=O)N[C@H](C(=O)N[C@@H](C(=O)O)c4cc(O)cc(O)c4-c4cc3ccc4O)[C@H](O)[C@@H]3C=C(Cl)C(=CC3)Oc3cc2cc(c3OC2OC(CI)C(O)C(O)C2OC2CC(C)(N)C(O)C(C)O2)Oc2ccc(cc2Cl)[C@H]1O)N(C)C(=O)OCC1c2ccccc2-c2ccccc21. The van der Waals surface area contributed by atoms with E-state index in [2.05, 4.69) is 31.9 Å². The van der Waals surface area contributed by atoms with Gasteiger partial charge in [0.25, 0.3) is 0 Å². The molecule has 118 heavy (non-hydrogen) atoms. The highest BCUT2D eigenvalue weighted by Crippen LogP contribution is 2.51. The van der Waals surface area contributed by atoms with E-state index in [0.29, 0.717) is 0 Å². The van der Waals surface area contributed by atoms with Crippen LogP contribution in [0.25, 0.3) is 22.3 Å². The number of carbonyl (C=O) groups is 9. The van der Waals surface area contributed by atoms with Crippen LogP contribution in [-0.2, 0) is 57.3 Å². The van der Waals surface area contributed by atoms with Crippen LogP contribution in [0.15, 0.2) is 132 Å². The van der Waals surface area contributed by atoms with Gasteiger partial charge in [-0.3, -0.25) is 38.5 Å². The molecular formula is C81H86Cl2IN9O25. The minimum Gasteiger partial charge on any atom is -0.508 e. The maximum absolute atomic E-state index is 16.3. The number of nitrogens with zero attached hydrogens (tertiary/aromatic N) is 1. The summed E-state index contributed by atoms with van der Waals surface area (Å²) in [5, 5.41) is 119. The standard InChI is InChI=1S/C81H86Cl2IN9O25/c1-32(2)20-49(93(5)80(111)112-31-45-41-12-8-6-10-39(41)40-11-7-9-13-42(40)45)73(104)91-63-65(98)35-15-18-52(46(82)22-35)114-54-24-37-25-55(69(54)118-79-70(68(101)67(100)56(30-84)116-79)117-58-29-81(4,86)71(102)33(3)113-58)115-53-19-16-36(23-47(53)83)66(99)64-77(108)90-62(78(109)110)44-26-38(94)27-51(96)59(44)43-21-34(14-17-50(43)95)60(74(105)92-64)89-75(106)61(37)88-72(103)48(28-57(85)97)87-76(63)107/h6-15,17-19,21-27,32-33,36,45,48-49,56,58,60-68,70-71,79,94-96,98-102H,16,20,28-31,86H2,1-5H3,(H2,85,97)(H,87,107)(H,88,103)(H,89,106)(H,90,108)(H,91,104)(H,92,105)(H,109,110)/t33?,36-,48-,49+,56?,58?,60+,61+,62+,63+,64-,65+,66+,67?,68?,70?,71?,79?,81?/m0/s1. The highest BCUT2D eigenvalue weighted by Gasteiger charge is 2.52. The van der Waals surface area contributed by atoms with Gasteiger partial charge in [-0.25, -0.2) is 9.59 Å². The number of benzene rings is 6. The van der Waals surface area contributed by atoms with Gasteiger partial charge in [-0.15, -0.1) is 0 Å². The van der Waals surface area contributed by atoms with Crippen molar-refractivity contribution in [3.05, 3.63) is 171 Å². The van der Waals surface area contributed by atoms with E-state index in [1.807, 2.05) is 71.1 Å². The molecule has 19 atom stereocenters. The molecule has 6 aromatic rings. The third-order valence-corrected chi connectivity index (χ3v) is 23.3. The average Bonchev–Trinajstić information content (AvgIpc) is 1.09. The number of hydrogen-bond donors (Lipinski definition) is 17. The van der Waals surface area contributed by atoms with Gasteiger partial charge in [0.15, 0.2) is 29.9 Å². The van der Waals surface area contributed by atoms with Crippen LogP contribution >= 0.6 is 45.8 Å². The molecule has 9 unspecified atom stereocenters. The lowest BCUT2D eigenvalue weighted by Gasteiger charge is -2.47. The summed E-state index contributed by atoms with van der Waals surface area (Å²) in [6.45, 7) is 6.40. The number of likely N-dealkylation sites (N-methyl/N-ethyl adjacent to an activating group) is 1. The Labute approximate surface area is 697 Å². The summed E-state index contributed by atoms with van der Waals surface area (Å²) in [6, 6.07) is 10.7. The molecule has 0 aromatic heterocycles. The van der Waals surface area contributed by atoms with Crippen molar-refractivity contribution >= 4 is 99.2 Å². The summed E-state index contributed by atoms with van der Waals surface area (Å²) in [7, 11) is 1.30. The second-order valence-electron chi connectivity index (χ2n) is 30.6. The van der Waals surface area contributed by atoms with E-state index < -0.39 is 238 Å². The molecule has 2 saturated heterocycles. The number of aliphatic hydroxyl groups is 5. The van der Waals surface area contributed by atoms with Crippen LogP contribution in [0.4, 0.5) is 4.79 Å². The number of aliphatic carboxylic acids is 1. The number of amides is 8. The molecule has 0 radical (unpaired) electrons. The Balaban J connectivity index is 0.968. The summed E-state index contributed by atoms with van der Waals surface area (Å²) >= 11 is 16.3. The van der Waals surface area contributed by atoms with Crippen molar-refractivity contribution in [1.29, 1.82) is 0 Å². The minimum atomic E-state index is -2.37. The highest BCUT2D eigenvalue weighted by molar-refractivity contribution is 14.1. The first kappa shape index (κ1) is 85.5. The first-order chi connectivity index (χ1) is 56.0. The number of hydrogen-bond acceptors (Lipinski definition) is 25. The summed E-state index contributed by atoms with van der Waals surface area (Å²) in [5.74, 6) is -18.0. The Bertz CT molecular complexity index is 5010. The molecule has 2 aliphatic carbocycles. The lowest BCUT2D eigenvalue weighted by Crippen LogP contribution is -2.64. The van der Waals surface area contributed by atoms with Crippen LogP contribution in [0, 0.1) is 11.8 Å². The number of halogens is 3. The maximum Gasteiger partial charge on any atom is 0.410 e. The van der Waals surface area contributed by atoms with E-state index in [9.17, 15) is 65.1 Å². The van der Waals surface area contributed by atoms with E-state index in [0.717, 1.165) is 75.7 Å². The number of primary amides is 1. The number of alkyl halides is 1. The van der Waals surface area contributed by atoms with E-state index in [4.69, 9.17) is 67.8 Å². The van der Waals surface area contributed by atoms with Crippen molar-refractivity contribution in [3.63, 3.8) is 0 Å². The van der Waals surface area contributed by atoms with Crippen LogP contribution in [0.3, 0.4) is 0 Å². The number of carboxylic acids is 1. The lowest BCUT2D eigenvalue weighted by molar-refractivity contribution is -0.328. The van der Waals surface area contributed by atoms with Crippen molar-refractivity contribution in [2.24, 2.45) is 23.3 Å². The van der Waals surface area contributed by atoms with Gasteiger partial charge in [0.2, 0.25) is 53.4 Å². The van der Waals surface area contributed by atoms with Gasteiger partial charge >= 0.3 is 12.1 Å². The number of ether oxygens (including phenoxy) is 7. The molecule has 9 aliphatic rings. The normalized spacial score (nSPS) is 28.5. The predicted molar refractivity (Wildman–Crippen MR) is 425 cm³/mol. The van der Waals surface area contributed by atoms with Crippen molar-refractivity contribution in [2.45, 2.75) is 169 Å². The number of aliphatic hydroxyl groups excluding tert-OH is 5. The average molecular weight is 1780 g/mol. The fraction of sp³-hybridized carbons (Fsp3) is 0.395. The van der Waals surface area contributed by atoms with Gasteiger partial charge in [0, 0.05) is 58.0 Å². The zero-order valence-corrected chi connectivity index (χ0v) is 67.3. The van der Waals surface area contributed by atoms with E-state index in [1.54, 1.807) is 13.8 Å². The Hall–Kier alpha value is -10.4. The summed E-state index contributed by atoms with van der Waals surface area (Å²) in [4.78, 5) is 135. The number of carboxylic acid groups (broad SMARTS) is 1. The van der Waals surface area contributed by atoms with Gasteiger partial charge in [-0.2, -0.15) is 0 Å². The van der Waals surface area contributed by atoms with Crippen molar-refractivity contribution in [1.82, 2.24) is 36.8 Å². The Morgan fingerprint density at radius 1 is 0.720 bits per heavy atom. The van der Waals surface area contributed by atoms with Crippen LogP contribution in [-0.4, -0.2) is 207 Å². The number of nitrogens with two attached hydrogens (primary N) is 2. The molecule has 2 fully saturated rings. The molecule has 626 valence electrons. The van der Waals surface area contributed by atoms with Gasteiger partial charge in [-0.1, -0.05) is 126 Å².